The van der Waals surface area contributed by atoms with Crippen LogP contribution in [-0.2, 0) is 0 Å². The molecule has 0 saturated carbocycles. The van der Waals surface area contributed by atoms with Gasteiger partial charge in [-0.05, 0) is 30.7 Å². The second kappa shape index (κ2) is 5.67. The van der Waals surface area contributed by atoms with Crippen LogP contribution in [0.3, 0.4) is 0 Å². The van der Waals surface area contributed by atoms with E-state index in [0.717, 1.165) is 35.3 Å². The van der Waals surface area contributed by atoms with Gasteiger partial charge < -0.3 is 4.74 Å². The molecular weight excluding hydrogens is 222 g/mol. The van der Waals surface area contributed by atoms with Crippen LogP contribution in [0.2, 0.25) is 0 Å². The Morgan fingerprint density at radius 3 is 2.94 bits per heavy atom. The largest absolute Gasteiger partial charge is 0.461 e. The van der Waals surface area contributed by atoms with Crippen molar-refractivity contribution in [3.05, 3.63) is 48.9 Å². The van der Waals surface area contributed by atoms with E-state index in [2.05, 4.69) is 25.4 Å². The van der Waals surface area contributed by atoms with Gasteiger partial charge in [0.25, 0.3) is 0 Å². The molecule has 0 bridgehead atoms. The van der Waals surface area contributed by atoms with Crippen LogP contribution in [0.1, 0.15) is 26.7 Å². The molecule has 0 spiro atoms. The first-order chi connectivity index (χ1) is 8.72. The average molecular weight is 241 g/mol. The summed E-state index contributed by atoms with van der Waals surface area (Å²) < 4.78 is 5.91. The van der Waals surface area contributed by atoms with Crippen LogP contribution < -0.4 is 4.74 Å². The Bertz CT molecular complexity index is 542. The molecule has 0 aliphatic heterocycles. The first kappa shape index (κ1) is 12.6. The molecule has 0 aliphatic carbocycles. The van der Waals surface area contributed by atoms with Gasteiger partial charge in [0.05, 0.1) is 11.3 Å². The lowest BCUT2D eigenvalue weighted by Gasteiger charge is -2.16. The van der Waals surface area contributed by atoms with Crippen molar-refractivity contribution in [2.24, 2.45) is 5.92 Å². The lowest BCUT2D eigenvalue weighted by Crippen LogP contribution is -2.05. The Morgan fingerprint density at radius 1 is 1.33 bits per heavy atom. The van der Waals surface area contributed by atoms with Crippen LogP contribution in [0.15, 0.2) is 48.9 Å². The summed E-state index contributed by atoms with van der Waals surface area (Å²) in [5, 5.41) is 1.03. The Morgan fingerprint density at radius 2 is 2.17 bits per heavy atom. The summed E-state index contributed by atoms with van der Waals surface area (Å²) >= 11 is 0. The minimum Gasteiger partial charge on any atom is -0.461 e. The van der Waals surface area contributed by atoms with Crippen molar-refractivity contribution in [3.63, 3.8) is 0 Å². The van der Waals surface area contributed by atoms with E-state index >= 15 is 0 Å². The third kappa shape index (κ3) is 2.70. The van der Waals surface area contributed by atoms with E-state index < -0.39 is 0 Å². The molecule has 2 rings (SSSR count). The average Bonchev–Trinajstić information content (AvgIpc) is 2.39. The van der Waals surface area contributed by atoms with E-state index in [9.17, 15) is 0 Å². The molecule has 1 aromatic carbocycles. The first-order valence-electron chi connectivity index (χ1n) is 6.42. The quantitative estimate of drug-likeness (QED) is 0.716. The minimum atomic E-state index is 0.377. The third-order valence-corrected chi connectivity index (χ3v) is 3.12. The summed E-state index contributed by atoms with van der Waals surface area (Å²) in [7, 11) is 0. The van der Waals surface area contributed by atoms with Gasteiger partial charge in [0.1, 0.15) is 5.75 Å². The molecule has 2 aromatic rings. The highest BCUT2D eigenvalue weighted by Gasteiger charge is 2.10. The maximum absolute atomic E-state index is 5.91. The van der Waals surface area contributed by atoms with E-state index in [0.29, 0.717) is 5.92 Å². The fraction of sp³-hybridized carbons (Fsp3) is 0.312. The molecule has 2 heteroatoms. The smallest absolute Gasteiger partial charge is 0.136 e. The molecule has 94 valence electrons. The number of rotatable bonds is 5. The van der Waals surface area contributed by atoms with Gasteiger partial charge in [-0.3, -0.25) is 4.98 Å². The van der Waals surface area contributed by atoms with Gasteiger partial charge in [-0.2, -0.15) is 0 Å². The number of aromatic nitrogens is 1. The van der Waals surface area contributed by atoms with Crippen LogP contribution in [0.4, 0.5) is 0 Å². The predicted octanol–water partition coefficient (Wildman–Crippen LogP) is 4.56. The van der Waals surface area contributed by atoms with Crippen LogP contribution in [0.5, 0.6) is 5.75 Å². The van der Waals surface area contributed by atoms with Gasteiger partial charge >= 0.3 is 0 Å². The summed E-state index contributed by atoms with van der Waals surface area (Å²) in [6.07, 6.45) is 4.03. The van der Waals surface area contributed by atoms with E-state index in [1.807, 2.05) is 30.3 Å². The van der Waals surface area contributed by atoms with E-state index in [1.165, 1.54) is 0 Å². The van der Waals surface area contributed by atoms with Gasteiger partial charge in [-0.25, -0.2) is 0 Å². The van der Waals surface area contributed by atoms with Crippen molar-refractivity contribution in [2.45, 2.75) is 26.7 Å². The lowest BCUT2D eigenvalue weighted by atomic mass is 10.0. The van der Waals surface area contributed by atoms with Crippen molar-refractivity contribution in [1.29, 1.82) is 0 Å². The third-order valence-electron chi connectivity index (χ3n) is 3.12. The predicted molar refractivity (Wildman–Crippen MR) is 75.6 cm³/mol. The molecule has 1 atom stereocenters. The summed E-state index contributed by atoms with van der Waals surface area (Å²) in [5.74, 6) is 2.05. The van der Waals surface area contributed by atoms with Gasteiger partial charge in [-0.15, -0.1) is 0 Å². The standard InChI is InChI=1S/C16H19NO/c1-4-7-12(2)13(3)18-16-10-5-9-15-14(16)8-6-11-17-15/h5-6,8-12H,3-4,7H2,1-2H3. The Kier molecular flexibility index (Phi) is 3.98. The highest BCUT2D eigenvalue weighted by molar-refractivity contribution is 5.84. The normalized spacial score (nSPS) is 12.3. The fourth-order valence-electron chi connectivity index (χ4n) is 2.00. The lowest BCUT2D eigenvalue weighted by molar-refractivity contribution is 0.352. The fourth-order valence-corrected chi connectivity index (χ4v) is 2.00. The Hall–Kier alpha value is -1.83. The zero-order chi connectivity index (χ0) is 13.0. The Labute approximate surface area is 108 Å². The molecule has 0 saturated heterocycles. The zero-order valence-electron chi connectivity index (χ0n) is 11.0. The molecule has 0 radical (unpaired) electrons. The highest BCUT2D eigenvalue weighted by atomic mass is 16.5. The molecule has 0 amide bonds. The zero-order valence-corrected chi connectivity index (χ0v) is 11.0. The molecule has 0 N–H and O–H groups in total. The number of benzene rings is 1. The number of fused-ring (bicyclic) bond motifs is 1. The second-order valence-corrected chi connectivity index (χ2v) is 4.58. The number of hydrogen-bond acceptors (Lipinski definition) is 2. The maximum atomic E-state index is 5.91. The monoisotopic (exact) mass is 241 g/mol. The summed E-state index contributed by atoms with van der Waals surface area (Å²) in [4.78, 5) is 4.32. The van der Waals surface area contributed by atoms with Gasteiger partial charge in [0, 0.05) is 17.5 Å². The van der Waals surface area contributed by atoms with Crippen LogP contribution in [0.25, 0.3) is 10.9 Å². The van der Waals surface area contributed by atoms with Crippen molar-refractivity contribution >= 4 is 10.9 Å². The van der Waals surface area contributed by atoms with Crippen LogP contribution in [-0.4, -0.2) is 4.98 Å². The summed E-state index contributed by atoms with van der Waals surface area (Å²) in [5.41, 5.74) is 0.950. The molecular formula is C16H19NO. The minimum absolute atomic E-state index is 0.377. The van der Waals surface area contributed by atoms with Crippen molar-refractivity contribution < 1.29 is 4.74 Å². The highest BCUT2D eigenvalue weighted by Crippen LogP contribution is 2.27. The van der Waals surface area contributed by atoms with Gasteiger partial charge in [-0.1, -0.05) is 32.9 Å². The number of hydrogen-bond donors (Lipinski definition) is 0. The van der Waals surface area contributed by atoms with E-state index in [1.54, 1.807) is 6.20 Å². The molecule has 0 aliphatic rings. The van der Waals surface area contributed by atoms with Crippen molar-refractivity contribution in [3.8, 4) is 5.75 Å². The maximum Gasteiger partial charge on any atom is 0.136 e. The Balaban J connectivity index is 2.24. The van der Waals surface area contributed by atoms with Crippen molar-refractivity contribution in [2.75, 3.05) is 0 Å². The van der Waals surface area contributed by atoms with E-state index in [-0.39, 0.29) is 0 Å². The number of ether oxygens (including phenoxy) is 1. The molecule has 1 aromatic heterocycles. The number of pyridine rings is 1. The van der Waals surface area contributed by atoms with Crippen molar-refractivity contribution in [1.82, 2.24) is 4.98 Å². The topological polar surface area (TPSA) is 22.1 Å². The second-order valence-electron chi connectivity index (χ2n) is 4.58. The van der Waals surface area contributed by atoms with E-state index in [4.69, 9.17) is 4.74 Å². The molecule has 1 unspecified atom stereocenters. The molecule has 18 heavy (non-hydrogen) atoms. The molecule has 1 heterocycles. The molecule has 0 fully saturated rings. The summed E-state index contributed by atoms with van der Waals surface area (Å²) in [6.45, 7) is 8.35. The van der Waals surface area contributed by atoms with Gasteiger partial charge in [0.2, 0.25) is 0 Å². The SMILES string of the molecule is C=C(Oc1cccc2ncccc12)C(C)CCC. The number of nitrogens with zero attached hydrogens (tertiary/aromatic N) is 1. The molecule has 2 nitrogen and oxygen atoms in total. The van der Waals surface area contributed by atoms with Crippen LogP contribution in [0, 0.1) is 5.92 Å². The van der Waals surface area contributed by atoms with Crippen LogP contribution >= 0.6 is 0 Å². The number of allylic oxidation sites excluding steroid dienone is 1. The van der Waals surface area contributed by atoms with Gasteiger partial charge in [0.15, 0.2) is 0 Å². The summed E-state index contributed by atoms with van der Waals surface area (Å²) in [6, 6.07) is 9.86. The first-order valence-corrected chi connectivity index (χ1v) is 6.42.